The third-order valence-corrected chi connectivity index (χ3v) is 6.88. The second-order valence-electron chi connectivity index (χ2n) is 9.40. The first-order valence-corrected chi connectivity index (χ1v) is 12.3. The predicted octanol–water partition coefficient (Wildman–Crippen LogP) is 3.93. The molecule has 0 spiro atoms. The van der Waals surface area contributed by atoms with Crippen LogP contribution in [0.5, 0.6) is 11.5 Å². The van der Waals surface area contributed by atoms with Gasteiger partial charge in [-0.2, -0.15) is 0 Å². The number of carbonyl (C=O) groups excluding carboxylic acids is 2. The van der Waals surface area contributed by atoms with E-state index in [9.17, 15) is 14.0 Å². The summed E-state index contributed by atoms with van der Waals surface area (Å²) in [6.45, 7) is 3.30. The van der Waals surface area contributed by atoms with E-state index in [1.807, 2.05) is 23.1 Å². The summed E-state index contributed by atoms with van der Waals surface area (Å²) < 4.78 is 24.1. The van der Waals surface area contributed by atoms with Gasteiger partial charge in [0.05, 0.1) is 26.1 Å². The van der Waals surface area contributed by atoms with Crippen LogP contribution in [-0.2, 0) is 16.1 Å². The van der Waals surface area contributed by atoms with Crippen molar-refractivity contribution in [3.8, 4) is 11.5 Å². The second kappa shape index (κ2) is 11.5. The van der Waals surface area contributed by atoms with Gasteiger partial charge in [0, 0.05) is 38.4 Å². The van der Waals surface area contributed by atoms with E-state index in [1.54, 1.807) is 26.4 Å². The average molecular weight is 484 g/mol. The van der Waals surface area contributed by atoms with Crippen molar-refractivity contribution < 1.29 is 23.5 Å². The molecule has 35 heavy (non-hydrogen) atoms. The van der Waals surface area contributed by atoms with Crippen molar-refractivity contribution >= 4 is 17.5 Å². The lowest BCUT2D eigenvalue weighted by Gasteiger charge is -2.39. The number of halogens is 1. The van der Waals surface area contributed by atoms with Crippen molar-refractivity contribution in [2.75, 3.05) is 45.7 Å². The van der Waals surface area contributed by atoms with Gasteiger partial charge in [-0.25, -0.2) is 4.39 Å². The molecule has 4 rings (SSSR count). The molecule has 2 aliphatic heterocycles. The van der Waals surface area contributed by atoms with Crippen LogP contribution in [0.25, 0.3) is 0 Å². The number of nitrogens with zero attached hydrogens (tertiary/aromatic N) is 2. The molecule has 2 fully saturated rings. The lowest BCUT2D eigenvalue weighted by atomic mass is 9.86. The molecule has 0 aromatic heterocycles. The molecule has 2 atom stereocenters. The van der Waals surface area contributed by atoms with Crippen molar-refractivity contribution in [1.29, 1.82) is 0 Å². The molecule has 0 aliphatic carbocycles. The maximum atomic E-state index is 13.4. The van der Waals surface area contributed by atoms with E-state index in [4.69, 9.17) is 9.47 Å². The highest BCUT2D eigenvalue weighted by molar-refractivity contribution is 5.93. The second-order valence-corrected chi connectivity index (χ2v) is 9.40. The summed E-state index contributed by atoms with van der Waals surface area (Å²) in [5, 5.41) is 2.90. The van der Waals surface area contributed by atoms with Gasteiger partial charge in [0.1, 0.15) is 5.82 Å². The third-order valence-electron chi connectivity index (χ3n) is 6.88. The third kappa shape index (κ3) is 6.31. The number of hydrogen-bond donors (Lipinski definition) is 1. The van der Waals surface area contributed by atoms with Crippen LogP contribution >= 0.6 is 0 Å². The number of ether oxygens (including phenoxy) is 2. The summed E-state index contributed by atoms with van der Waals surface area (Å²) >= 11 is 0. The van der Waals surface area contributed by atoms with Crippen LogP contribution < -0.4 is 14.8 Å². The van der Waals surface area contributed by atoms with Crippen LogP contribution in [0.4, 0.5) is 10.1 Å². The number of piperidine rings is 2. The van der Waals surface area contributed by atoms with Crippen LogP contribution in [-0.4, -0.2) is 62.0 Å². The molecule has 2 aromatic carbocycles. The standard InChI is InChI=1S/C27H34FN3O4/c1-34-24-11-6-19(14-25(24)35-2)16-30-17-20(26(32)29-23-9-7-22(28)8-10-23)15-21(18-30)27(33)31-12-4-3-5-13-31/h6-11,14,20-21H,3-5,12-13,15-18H2,1-2H3,(H,29,32)/t20-,21+/m1/s1. The maximum absolute atomic E-state index is 13.4. The molecule has 2 aromatic rings. The zero-order valence-corrected chi connectivity index (χ0v) is 20.5. The van der Waals surface area contributed by atoms with Crippen LogP contribution in [0.1, 0.15) is 31.2 Å². The Kier molecular flexibility index (Phi) is 8.23. The van der Waals surface area contributed by atoms with Gasteiger partial charge >= 0.3 is 0 Å². The molecule has 1 N–H and O–H groups in total. The Labute approximate surface area is 206 Å². The van der Waals surface area contributed by atoms with Crippen molar-refractivity contribution in [3.63, 3.8) is 0 Å². The summed E-state index contributed by atoms with van der Waals surface area (Å²) in [7, 11) is 3.20. The summed E-state index contributed by atoms with van der Waals surface area (Å²) in [5.41, 5.74) is 1.57. The minimum atomic E-state index is -0.354. The van der Waals surface area contributed by atoms with Gasteiger partial charge in [-0.05, 0) is 67.6 Å². The largest absolute Gasteiger partial charge is 0.493 e. The minimum Gasteiger partial charge on any atom is -0.493 e. The molecular weight excluding hydrogens is 449 g/mol. The lowest BCUT2D eigenvalue weighted by Crippen LogP contribution is -2.50. The Bertz CT molecular complexity index is 1020. The molecule has 0 bridgehead atoms. The fourth-order valence-corrected chi connectivity index (χ4v) is 5.08. The predicted molar refractivity (Wildman–Crippen MR) is 132 cm³/mol. The van der Waals surface area contributed by atoms with Crippen LogP contribution in [0.2, 0.25) is 0 Å². The van der Waals surface area contributed by atoms with Gasteiger partial charge in [-0.15, -0.1) is 0 Å². The zero-order valence-electron chi connectivity index (χ0n) is 20.5. The lowest BCUT2D eigenvalue weighted by molar-refractivity contribution is -0.140. The molecule has 2 saturated heterocycles. The minimum absolute atomic E-state index is 0.140. The number of methoxy groups -OCH3 is 2. The highest BCUT2D eigenvalue weighted by atomic mass is 19.1. The normalized spacial score (nSPS) is 20.8. The number of carbonyl (C=O) groups is 2. The number of benzene rings is 2. The van der Waals surface area contributed by atoms with Crippen molar-refractivity contribution in [2.45, 2.75) is 32.2 Å². The molecule has 2 heterocycles. The first-order chi connectivity index (χ1) is 17.0. The molecule has 0 unspecified atom stereocenters. The van der Waals surface area contributed by atoms with Crippen molar-refractivity contribution in [2.24, 2.45) is 11.8 Å². The quantitative estimate of drug-likeness (QED) is 0.646. The number of nitrogens with one attached hydrogen (secondary N) is 1. The van der Waals surface area contributed by atoms with Gasteiger partial charge in [0.15, 0.2) is 11.5 Å². The molecule has 8 heteroatoms. The van der Waals surface area contributed by atoms with E-state index in [0.717, 1.165) is 37.9 Å². The fraction of sp³-hybridized carbons (Fsp3) is 0.481. The Hall–Kier alpha value is -3.13. The SMILES string of the molecule is COc1ccc(CN2C[C@H](C(=O)Nc3ccc(F)cc3)C[C@H](C(=O)N3CCCCC3)C2)cc1OC. The highest BCUT2D eigenvalue weighted by Crippen LogP contribution is 2.31. The van der Waals surface area contributed by atoms with E-state index >= 15 is 0 Å². The molecular formula is C27H34FN3O4. The van der Waals surface area contributed by atoms with Crippen LogP contribution in [0.3, 0.4) is 0 Å². The number of rotatable bonds is 7. The van der Waals surface area contributed by atoms with Crippen LogP contribution in [0.15, 0.2) is 42.5 Å². The van der Waals surface area contributed by atoms with Gasteiger partial charge in [-0.1, -0.05) is 6.07 Å². The maximum Gasteiger partial charge on any atom is 0.228 e. The summed E-state index contributed by atoms with van der Waals surface area (Å²) in [4.78, 5) is 30.7. The van der Waals surface area contributed by atoms with E-state index in [0.29, 0.717) is 43.2 Å². The average Bonchev–Trinajstić information content (AvgIpc) is 2.89. The van der Waals surface area contributed by atoms with Gasteiger partial charge < -0.3 is 19.7 Å². The molecule has 2 aliphatic rings. The fourth-order valence-electron chi connectivity index (χ4n) is 5.08. The van der Waals surface area contributed by atoms with E-state index in [2.05, 4.69) is 10.2 Å². The Morgan fingerprint density at radius 1 is 0.943 bits per heavy atom. The number of anilines is 1. The van der Waals surface area contributed by atoms with Crippen molar-refractivity contribution in [3.05, 3.63) is 53.8 Å². The molecule has 7 nitrogen and oxygen atoms in total. The van der Waals surface area contributed by atoms with Gasteiger partial charge in [-0.3, -0.25) is 14.5 Å². The van der Waals surface area contributed by atoms with Gasteiger partial charge in [0.2, 0.25) is 11.8 Å². The summed E-state index contributed by atoms with van der Waals surface area (Å²) in [6, 6.07) is 11.5. The first-order valence-electron chi connectivity index (χ1n) is 12.3. The molecule has 0 saturated carbocycles. The molecule has 2 amide bonds. The van der Waals surface area contributed by atoms with Gasteiger partial charge in [0.25, 0.3) is 0 Å². The summed E-state index contributed by atoms with van der Waals surface area (Å²) in [5.74, 6) is 0.345. The summed E-state index contributed by atoms with van der Waals surface area (Å²) in [6.07, 6.45) is 3.72. The Balaban J connectivity index is 1.51. The topological polar surface area (TPSA) is 71.1 Å². The smallest absolute Gasteiger partial charge is 0.228 e. The van der Waals surface area contributed by atoms with Crippen molar-refractivity contribution in [1.82, 2.24) is 9.80 Å². The monoisotopic (exact) mass is 483 g/mol. The Morgan fingerprint density at radius 2 is 1.63 bits per heavy atom. The number of hydrogen-bond acceptors (Lipinski definition) is 5. The molecule has 188 valence electrons. The van der Waals surface area contributed by atoms with E-state index in [1.165, 1.54) is 12.1 Å². The van der Waals surface area contributed by atoms with Crippen LogP contribution in [0, 0.1) is 17.7 Å². The number of likely N-dealkylation sites (tertiary alicyclic amines) is 2. The highest BCUT2D eigenvalue weighted by Gasteiger charge is 2.37. The molecule has 0 radical (unpaired) electrons. The van der Waals surface area contributed by atoms with E-state index < -0.39 is 0 Å². The zero-order chi connectivity index (χ0) is 24.8. The van der Waals surface area contributed by atoms with E-state index in [-0.39, 0.29) is 29.5 Å². The first kappa shape index (κ1) is 25.0. The Morgan fingerprint density at radius 3 is 2.31 bits per heavy atom. The number of amides is 2.